The summed E-state index contributed by atoms with van der Waals surface area (Å²) < 4.78 is 3.59. The van der Waals surface area contributed by atoms with Gasteiger partial charge in [-0.25, -0.2) is 9.67 Å². The van der Waals surface area contributed by atoms with Gasteiger partial charge in [-0.05, 0) is 32.3 Å². The first kappa shape index (κ1) is 16.0. The first-order valence-electron chi connectivity index (χ1n) is 7.41. The Morgan fingerprint density at radius 3 is 2.73 bits per heavy atom. The first-order chi connectivity index (χ1) is 10.4. The maximum Gasteiger partial charge on any atom is 0.252 e. The Morgan fingerprint density at radius 2 is 2.14 bits per heavy atom. The minimum atomic E-state index is -0.0155. The number of carbonyl (C=O) groups is 1. The average Bonchev–Trinajstić information content (AvgIpc) is 3.02. The topological polar surface area (TPSA) is 76.5 Å². The number of hydrogen-bond acceptors (Lipinski definition) is 4. The van der Waals surface area contributed by atoms with E-state index >= 15 is 0 Å². The molecule has 22 heavy (non-hydrogen) atoms. The van der Waals surface area contributed by atoms with Crippen LogP contribution in [0.15, 0.2) is 12.4 Å². The van der Waals surface area contributed by atoms with Gasteiger partial charge in [0.05, 0.1) is 0 Å². The third kappa shape index (κ3) is 3.42. The van der Waals surface area contributed by atoms with Gasteiger partial charge in [0.2, 0.25) is 0 Å². The summed E-state index contributed by atoms with van der Waals surface area (Å²) in [5.74, 6) is 0.688. The fraction of sp³-hybridized carbons (Fsp3) is 0.500. The van der Waals surface area contributed by atoms with Gasteiger partial charge in [0.25, 0.3) is 5.82 Å². The summed E-state index contributed by atoms with van der Waals surface area (Å²) in [6.45, 7) is 9.40. The highest BCUT2D eigenvalue weighted by molar-refractivity contribution is 5.97. The van der Waals surface area contributed by atoms with E-state index in [9.17, 15) is 4.79 Å². The molecule has 116 valence electrons. The standard InChI is InChI=1S/C16H21N5O/c1-11(2)5-6-21-12(3)7-14(13(21)4)15(22)9-20-10-18-16(8-17)19-20/h7,10-11H,5-6,9H2,1-4H3. The molecule has 0 saturated heterocycles. The SMILES string of the molecule is Cc1cc(C(=O)Cn2cnc(C#N)n2)c(C)n1CCC(C)C. The summed E-state index contributed by atoms with van der Waals surface area (Å²) in [7, 11) is 0. The van der Waals surface area contributed by atoms with E-state index in [1.54, 1.807) is 0 Å². The van der Waals surface area contributed by atoms with Crippen LogP contribution in [0.25, 0.3) is 0 Å². The van der Waals surface area contributed by atoms with E-state index in [1.165, 1.54) is 11.0 Å². The van der Waals surface area contributed by atoms with Gasteiger partial charge in [-0.3, -0.25) is 4.79 Å². The van der Waals surface area contributed by atoms with Crippen LogP contribution >= 0.6 is 0 Å². The normalized spacial score (nSPS) is 10.9. The summed E-state index contributed by atoms with van der Waals surface area (Å²) in [5, 5.41) is 12.6. The van der Waals surface area contributed by atoms with Crippen molar-refractivity contribution in [1.29, 1.82) is 5.26 Å². The van der Waals surface area contributed by atoms with Gasteiger partial charge in [-0.1, -0.05) is 13.8 Å². The van der Waals surface area contributed by atoms with Gasteiger partial charge >= 0.3 is 0 Å². The number of Topliss-reactive ketones (excluding diaryl/α,β-unsaturated/α-hetero) is 1. The second-order valence-corrected chi connectivity index (χ2v) is 5.92. The second-order valence-electron chi connectivity index (χ2n) is 5.92. The molecule has 6 heteroatoms. The van der Waals surface area contributed by atoms with Crippen molar-refractivity contribution in [1.82, 2.24) is 19.3 Å². The molecule has 0 aromatic carbocycles. The molecule has 0 bridgehead atoms. The Balaban J connectivity index is 2.16. The molecular weight excluding hydrogens is 278 g/mol. The highest BCUT2D eigenvalue weighted by Crippen LogP contribution is 2.18. The van der Waals surface area contributed by atoms with Crippen molar-refractivity contribution in [3.8, 4) is 6.07 Å². The van der Waals surface area contributed by atoms with Crippen LogP contribution in [0.1, 0.15) is 47.8 Å². The predicted octanol–water partition coefficient (Wildman–Crippen LogP) is 2.50. The number of ketones is 1. The highest BCUT2D eigenvalue weighted by atomic mass is 16.1. The van der Waals surface area contributed by atoms with Gasteiger partial charge in [0.1, 0.15) is 18.9 Å². The monoisotopic (exact) mass is 299 g/mol. The molecule has 2 rings (SSSR count). The molecule has 0 fully saturated rings. The lowest BCUT2D eigenvalue weighted by molar-refractivity contribution is 0.0967. The van der Waals surface area contributed by atoms with E-state index in [4.69, 9.17) is 5.26 Å². The molecule has 0 aliphatic heterocycles. The lowest BCUT2D eigenvalue weighted by Gasteiger charge is -2.11. The lowest BCUT2D eigenvalue weighted by atomic mass is 10.1. The van der Waals surface area contributed by atoms with Crippen molar-refractivity contribution in [2.45, 2.75) is 47.2 Å². The van der Waals surface area contributed by atoms with Crippen molar-refractivity contribution in [3.05, 3.63) is 35.2 Å². The molecule has 6 nitrogen and oxygen atoms in total. The summed E-state index contributed by atoms with van der Waals surface area (Å²) in [5.41, 5.74) is 2.80. The van der Waals surface area contributed by atoms with E-state index in [-0.39, 0.29) is 18.2 Å². The Kier molecular flexibility index (Phi) is 4.76. The molecular formula is C16H21N5O. The minimum absolute atomic E-state index is 0.0155. The number of aromatic nitrogens is 4. The van der Waals surface area contributed by atoms with Crippen molar-refractivity contribution in [3.63, 3.8) is 0 Å². The van der Waals surface area contributed by atoms with E-state index in [0.717, 1.165) is 29.9 Å². The van der Waals surface area contributed by atoms with Crippen LogP contribution < -0.4 is 0 Å². The maximum atomic E-state index is 12.5. The number of nitrogens with zero attached hydrogens (tertiary/aromatic N) is 5. The van der Waals surface area contributed by atoms with Gasteiger partial charge < -0.3 is 4.57 Å². The summed E-state index contributed by atoms with van der Waals surface area (Å²) in [4.78, 5) is 16.3. The lowest BCUT2D eigenvalue weighted by Crippen LogP contribution is -2.12. The van der Waals surface area contributed by atoms with Crippen molar-refractivity contribution in [2.75, 3.05) is 0 Å². The molecule has 0 unspecified atom stereocenters. The van der Waals surface area contributed by atoms with Gasteiger partial charge in [-0.15, -0.1) is 5.10 Å². The van der Waals surface area contributed by atoms with E-state index < -0.39 is 0 Å². The number of rotatable bonds is 6. The van der Waals surface area contributed by atoms with Crippen LogP contribution in [0.5, 0.6) is 0 Å². The summed E-state index contributed by atoms with van der Waals surface area (Å²) in [6, 6.07) is 3.78. The first-order valence-corrected chi connectivity index (χ1v) is 7.41. The third-order valence-electron chi connectivity index (χ3n) is 3.75. The Hall–Kier alpha value is -2.42. The number of hydrogen-bond donors (Lipinski definition) is 0. The molecule has 2 heterocycles. The Morgan fingerprint density at radius 1 is 1.41 bits per heavy atom. The largest absolute Gasteiger partial charge is 0.348 e. The van der Waals surface area contributed by atoms with Crippen LogP contribution in [-0.4, -0.2) is 25.1 Å². The van der Waals surface area contributed by atoms with E-state index in [1.807, 2.05) is 26.0 Å². The molecule has 2 aromatic heterocycles. The predicted molar refractivity (Wildman–Crippen MR) is 82.4 cm³/mol. The van der Waals surface area contributed by atoms with Crippen molar-refractivity contribution < 1.29 is 4.79 Å². The Labute approximate surface area is 130 Å². The van der Waals surface area contributed by atoms with Crippen LogP contribution in [0.3, 0.4) is 0 Å². The second kappa shape index (κ2) is 6.56. The van der Waals surface area contributed by atoms with Gasteiger partial charge in [-0.2, -0.15) is 5.26 Å². The van der Waals surface area contributed by atoms with Crippen LogP contribution in [-0.2, 0) is 13.1 Å². The molecule has 0 N–H and O–H groups in total. The number of carbonyl (C=O) groups excluding carboxylic acids is 1. The molecule has 2 aromatic rings. The van der Waals surface area contributed by atoms with E-state index in [2.05, 4.69) is 28.5 Å². The smallest absolute Gasteiger partial charge is 0.252 e. The molecule has 0 atom stereocenters. The highest BCUT2D eigenvalue weighted by Gasteiger charge is 2.16. The number of nitriles is 1. The fourth-order valence-electron chi connectivity index (χ4n) is 2.47. The minimum Gasteiger partial charge on any atom is -0.348 e. The van der Waals surface area contributed by atoms with Gasteiger partial charge in [0.15, 0.2) is 5.78 Å². The molecule has 0 saturated carbocycles. The molecule has 0 radical (unpaired) electrons. The quantitative estimate of drug-likeness (QED) is 0.768. The fourth-order valence-corrected chi connectivity index (χ4v) is 2.47. The zero-order chi connectivity index (χ0) is 16.3. The maximum absolute atomic E-state index is 12.5. The van der Waals surface area contributed by atoms with Gasteiger partial charge in [0, 0.05) is 23.5 Å². The Bertz CT molecular complexity index is 717. The number of aryl methyl sites for hydroxylation is 1. The van der Waals surface area contributed by atoms with Crippen LogP contribution in [0.4, 0.5) is 0 Å². The van der Waals surface area contributed by atoms with Crippen LogP contribution in [0, 0.1) is 31.1 Å². The molecule has 0 aliphatic carbocycles. The van der Waals surface area contributed by atoms with Crippen molar-refractivity contribution in [2.24, 2.45) is 5.92 Å². The average molecular weight is 299 g/mol. The van der Waals surface area contributed by atoms with E-state index in [0.29, 0.717) is 5.92 Å². The third-order valence-corrected chi connectivity index (χ3v) is 3.75. The molecule has 0 amide bonds. The summed E-state index contributed by atoms with van der Waals surface area (Å²) in [6.07, 6.45) is 2.49. The molecule has 0 spiro atoms. The summed E-state index contributed by atoms with van der Waals surface area (Å²) >= 11 is 0. The molecule has 0 aliphatic rings. The van der Waals surface area contributed by atoms with Crippen LogP contribution in [0.2, 0.25) is 0 Å². The zero-order valence-electron chi connectivity index (χ0n) is 13.5. The van der Waals surface area contributed by atoms with Crippen molar-refractivity contribution >= 4 is 5.78 Å². The zero-order valence-corrected chi connectivity index (χ0v) is 13.5.